The smallest absolute Gasteiger partial charge is 0.287 e. The van der Waals surface area contributed by atoms with Crippen LogP contribution in [0.4, 0.5) is 5.69 Å². The Bertz CT molecular complexity index is 842. The molecule has 1 aromatic heterocycles. The lowest BCUT2D eigenvalue weighted by Gasteiger charge is -2.12. The van der Waals surface area contributed by atoms with Gasteiger partial charge in [0, 0.05) is 42.5 Å². The van der Waals surface area contributed by atoms with Crippen molar-refractivity contribution in [2.45, 2.75) is 17.2 Å². The van der Waals surface area contributed by atoms with E-state index in [0.29, 0.717) is 18.1 Å². The SMILES string of the molecule is CN(C)c1ccc(CNC(=O)c2occc2CSc2ccccc2)cc1. The zero-order chi connectivity index (χ0) is 18.4. The van der Waals surface area contributed by atoms with Crippen molar-refractivity contribution in [3.63, 3.8) is 0 Å². The van der Waals surface area contributed by atoms with Gasteiger partial charge in [-0.25, -0.2) is 0 Å². The standard InChI is InChI=1S/C21H22N2O2S/c1-23(2)18-10-8-16(9-11-18)14-22-21(24)20-17(12-13-25-20)15-26-19-6-4-3-5-7-19/h3-13H,14-15H2,1-2H3,(H,22,24). The number of carbonyl (C=O) groups excluding carboxylic acids is 1. The number of nitrogens with zero attached hydrogens (tertiary/aromatic N) is 1. The highest BCUT2D eigenvalue weighted by molar-refractivity contribution is 7.98. The Morgan fingerprint density at radius 1 is 1.04 bits per heavy atom. The topological polar surface area (TPSA) is 45.5 Å². The maximum atomic E-state index is 12.5. The normalized spacial score (nSPS) is 10.5. The van der Waals surface area contributed by atoms with Crippen molar-refractivity contribution in [3.05, 3.63) is 83.8 Å². The number of amides is 1. The molecule has 26 heavy (non-hydrogen) atoms. The van der Waals surface area contributed by atoms with Gasteiger partial charge in [0.1, 0.15) is 0 Å². The van der Waals surface area contributed by atoms with Crippen LogP contribution in [0, 0.1) is 0 Å². The summed E-state index contributed by atoms with van der Waals surface area (Å²) in [4.78, 5) is 15.7. The third-order valence-electron chi connectivity index (χ3n) is 4.00. The Balaban J connectivity index is 1.57. The quantitative estimate of drug-likeness (QED) is 0.622. The maximum Gasteiger partial charge on any atom is 0.287 e. The molecule has 5 heteroatoms. The van der Waals surface area contributed by atoms with Crippen LogP contribution in [0.15, 0.2) is 76.2 Å². The fraction of sp³-hybridized carbons (Fsp3) is 0.190. The largest absolute Gasteiger partial charge is 0.459 e. The van der Waals surface area contributed by atoms with E-state index in [9.17, 15) is 4.79 Å². The van der Waals surface area contributed by atoms with Crippen molar-refractivity contribution in [2.24, 2.45) is 0 Å². The highest BCUT2D eigenvalue weighted by Gasteiger charge is 2.15. The lowest BCUT2D eigenvalue weighted by atomic mass is 10.2. The second kappa shape index (κ2) is 8.63. The summed E-state index contributed by atoms with van der Waals surface area (Å²) in [6.45, 7) is 0.471. The predicted molar refractivity (Wildman–Crippen MR) is 107 cm³/mol. The van der Waals surface area contributed by atoms with E-state index in [4.69, 9.17) is 4.42 Å². The van der Waals surface area contributed by atoms with Crippen molar-refractivity contribution < 1.29 is 9.21 Å². The first-order valence-corrected chi connectivity index (χ1v) is 9.41. The van der Waals surface area contributed by atoms with E-state index in [0.717, 1.165) is 16.8 Å². The van der Waals surface area contributed by atoms with Gasteiger partial charge in [-0.2, -0.15) is 0 Å². The number of hydrogen-bond donors (Lipinski definition) is 1. The molecule has 0 aliphatic rings. The molecule has 0 bridgehead atoms. The molecule has 0 spiro atoms. The van der Waals surface area contributed by atoms with Crippen molar-refractivity contribution in [3.8, 4) is 0 Å². The van der Waals surface area contributed by atoms with Crippen LogP contribution in [0.5, 0.6) is 0 Å². The number of thioether (sulfide) groups is 1. The molecular formula is C21H22N2O2S. The summed E-state index contributed by atoms with van der Waals surface area (Å²) in [6.07, 6.45) is 1.57. The van der Waals surface area contributed by atoms with Crippen molar-refractivity contribution in [2.75, 3.05) is 19.0 Å². The molecule has 3 aromatic rings. The molecule has 0 atom stereocenters. The zero-order valence-electron chi connectivity index (χ0n) is 14.9. The van der Waals surface area contributed by atoms with E-state index in [2.05, 4.69) is 17.4 Å². The number of rotatable bonds is 7. The summed E-state index contributed by atoms with van der Waals surface area (Å²) >= 11 is 1.68. The van der Waals surface area contributed by atoms with Crippen LogP contribution in [0.25, 0.3) is 0 Å². The van der Waals surface area contributed by atoms with Crippen molar-refractivity contribution in [1.82, 2.24) is 5.32 Å². The molecule has 3 rings (SSSR count). The van der Waals surface area contributed by atoms with Gasteiger partial charge in [-0.3, -0.25) is 4.79 Å². The van der Waals surface area contributed by atoms with Gasteiger partial charge >= 0.3 is 0 Å². The highest BCUT2D eigenvalue weighted by Crippen LogP contribution is 2.25. The molecule has 0 aliphatic heterocycles. The van der Waals surface area contributed by atoms with Crippen molar-refractivity contribution in [1.29, 1.82) is 0 Å². The van der Waals surface area contributed by atoms with Gasteiger partial charge < -0.3 is 14.6 Å². The fourth-order valence-corrected chi connectivity index (χ4v) is 3.40. The summed E-state index contributed by atoms with van der Waals surface area (Å²) in [5, 5.41) is 2.93. The summed E-state index contributed by atoms with van der Waals surface area (Å²) < 4.78 is 5.42. The Morgan fingerprint density at radius 2 is 1.77 bits per heavy atom. The molecule has 0 aliphatic carbocycles. The molecule has 1 heterocycles. The van der Waals surface area contributed by atoms with E-state index in [1.807, 2.05) is 67.5 Å². The molecular weight excluding hydrogens is 344 g/mol. The van der Waals surface area contributed by atoms with Gasteiger partial charge in [-0.15, -0.1) is 11.8 Å². The van der Waals surface area contributed by atoms with Crippen LogP contribution in [0.3, 0.4) is 0 Å². The number of furan rings is 1. The third kappa shape index (κ3) is 4.70. The average Bonchev–Trinajstić information content (AvgIpc) is 3.14. The molecule has 1 N–H and O–H groups in total. The van der Waals surface area contributed by atoms with Gasteiger partial charge in [0.2, 0.25) is 0 Å². The molecule has 0 saturated heterocycles. The van der Waals surface area contributed by atoms with E-state index in [-0.39, 0.29) is 5.91 Å². The first kappa shape index (κ1) is 18.1. The lowest BCUT2D eigenvalue weighted by molar-refractivity contribution is 0.0922. The lowest BCUT2D eigenvalue weighted by Crippen LogP contribution is -2.23. The second-order valence-corrected chi connectivity index (χ2v) is 7.17. The Labute approximate surface area is 158 Å². The summed E-state index contributed by atoms with van der Waals surface area (Å²) in [5.74, 6) is 0.898. The van der Waals surface area contributed by atoms with Crippen LogP contribution in [-0.2, 0) is 12.3 Å². The molecule has 0 radical (unpaired) electrons. The van der Waals surface area contributed by atoms with Gasteiger partial charge in [0.15, 0.2) is 5.76 Å². The van der Waals surface area contributed by atoms with Gasteiger partial charge in [-0.05, 0) is 35.9 Å². The van der Waals surface area contributed by atoms with E-state index in [1.165, 1.54) is 4.90 Å². The predicted octanol–water partition coefficient (Wildman–Crippen LogP) is 4.57. The van der Waals surface area contributed by atoms with Crippen LogP contribution in [0.2, 0.25) is 0 Å². The maximum absolute atomic E-state index is 12.5. The van der Waals surface area contributed by atoms with E-state index < -0.39 is 0 Å². The monoisotopic (exact) mass is 366 g/mol. The van der Waals surface area contributed by atoms with Crippen molar-refractivity contribution >= 4 is 23.4 Å². The summed E-state index contributed by atoms with van der Waals surface area (Å²) in [5.41, 5.74) is 3.08. The Hall–Kier alpha value is -2.66. The molecule has 0 saturated carbocycles. The van der Waals surface area contributed by atoms with E-state index >= 15 is 0 Å². The number of nitrogens with one attached hydrogen (secondary N) is 1. The first-order valence-electron chi connectivity index (χ1n) is 8.42. The number of benzene rings is 2. The van der Waals surface area contributed by atoms with Crippen LogP contribution >= 0.6 is 11.8 Å². The van der Waals surface area contributed by atoms with E-state index in [1.54, 1.807) is 18.0 Å². The minimum Gasteiger partial charge on any atom is -0.459 e. The number of carbonyl (C=O) groups is 1. The second-order valence-electron chi connectivity index (χ2n) is 6.12. The van der Waals surface area contributed by atoms with Gasteiger partial charge in [-0.1, -0.05) is 30.3 Å². The molecule has 0 unspecified atom stereocenters. The summed E-state index contributed by atoms with van der Waals surface area (Å²) in [6, 6.07) is 20.1. The third-order valence-corrected chi connectivity index (χ3v) is 5.06. The molecule has 2 aromatic carbocycles. The van der Waals surface area contributed by atoms with Crippen LogP contribution < -0.4 is 10.2 Å². The van der Waals surface area contributed by atoms with Crippen LogP contribution in [-0.4, -0.2) is 20.0 Å². The number of anilines is 1. The minimum absolute atomic E-state index is 0.185. The zero-order valence-corrected chi connectivity index (χ0v) is 15.8. The van der Waals surface area contributed by atoms with Crippen LogP contribution in [0.1, 0.15) is 21.7 Å². The average molecular weight is 366 g/mol. The number of hydrogen-bond acceptors (Lipinski definition) is 4. The molecule has 4 nitrogen and oxygen atoms in total. The van der Waals surface area contributed by atoms with Gasteiger partial charge in [0.05, 0.1) is 6.26 Å². The molecule has 0 fully saturated rings. The fourth-order valence-electron chi connectivity index (χ4n) is 2.50. The first-order chi connectivity index (χ1) is 12.6. The molecule has 1 amide bonds. The summed E-state index contributed by atoms with van der Waals surface area (Å²) in [7, 11) is 4.01. The Morgan fingerprint density at radius 3 is 2.46 bits per heavy atom. The Kier molecular flexibility index (Phi) is 6.02. The molecule has 134 valence electrons. The highest BCUT2D eigenvalue weighted by atomic mass is 32.2. The minimum atomic E-state index is -0.185. The van der Waals surface area contributed by atoms with Gasteiger partial charge in [0.25, 0.3) is 5.91 Å².